The first-order valence-corrected chi connectivity index (χ1v) is 7.10. The van der Waals surface area contributed by atoms with Crippen LogP contribution in [-0.2, 0) is 11.3 Å². The average molecular weight is 335 g/mol. The van der Waals surface area contributed by atoms with E-state index in [1.165, 1.54) is 12.1 Å². The van der Waals surface area contributed by atoms with Gasteiger partial charge >= 0.3 is 6.61 Å². The van der Waals surface area contributed by atoms with Gasteiger partial charge in [-0.1, -0.05) is 31.4 Å². The van der Waals surface area contributed by atoms with Gasteiger partial charge in [-0.25, -0.2) is 0 Å². The lowest BCUT2D eigenvalue weighted by Crippen LogP contribution is -2.54. The van der Waals surface area contributed by atoms with E-state index in [0.717, 1.165) is 24.8 Å². The van der Waals surface area contributed by atoms with E-state index in [1.807, 2.05) is 0 Å². The van der Waals surface area contributed by atoms with Crippen LogP contribution in [0.15, 0.2) is 24.3 Å². The molecule has 1 aliphatic rings. The van der Waals surface area contributed by atoms with Crippen LogP contribution < -0.4 is 15.8 Å². The van der Waals surface area contributed by atoms with Crippen molar-refractivity contribution in [3.05, 3.63) is 29.8 Å². The molecule has 0 spiro atoms. The summed E-state index contributed by atoms with van der Waals surface area (Å²) in [7, 11) is 0. The van der Waals surface area contributed by atoms with Gasteiger partial charge in [-0.3, -0.25) is 4.79 Å². The van der Waals surface area contributed by atoms with Crippen molar-refractivity contribution in [3.63, 3.8) is 0 Å². The number of halogens is 3. The van der Waals surface area contributed by atoms with Crippen LogP contribution in [0.1, 0.15) is 37.7 Å². The minimum absolute atomic E-state index is 0. The number of hydrogen-bond donors (Lipinski definition) is 2. The highest BCUT2D eigenvalue weighted by Crippen LogP contribution is 2.26. The largest absolute Gasteiger partial charge is 0.435 e. The fraction of sp³-hybridized carbons (Fsp3) is 0.533. The predicted molar refractivity (Wildman–Crippen MR) is 82.2 cm³/mol. The summed E-state index contributed by atoms with van der Waals surface area (Å²) in [5, 5.41) is 2.82. The maximum atomic E-state index is 12.1. The number of carbonyl (C=O) groups excluding carboxylic acids is 1. The van der Waals surface area contributed by atoms with Crippen LogP contribution in [0.25, 0.3) is 0 Å². The van der Waals surface area contributed by atoms with Crippen molar-refractivity contribution in [1.82, 2.24) is 5.32 Å². The summed E-state index contributed by atoms with van der Waals surface area (Å²) in [6.07, 6.45) is 4.49. The molecule has 3 N–H and O–H groups in total. The second-order valence-electron chi connectivity index (χ2n) is 5.42. The molecule has 1 fully saturated rings. The Bertz CT molecular complexity index is 477. The van der Waals surface area contributed by atoms with Gasteiger partial charge in [0.15, 0.2) is 0 Å². The molecule has 0 saturated heterocycles. The Balaban J connectivity index is 0.00000242. The maximum Gasteiger partial charge on any atom is 0.387 e. The first-order chi connectivity index (χ1) is 9.99. The number of amides is 1. The molecule has 2 rings (SSSR count). The Labute approximate surface area is 134 Å². The smallest absolute Gasteiger partial charge is 0.387 e. The molecule has 1 aromatic rings. The molecule has 22 heavy (non-hydrogen) atoms. The Morgan fingerprint density at radius 1 is 1.23 bits per heavy atom. The highest BCUT2D eigenvalue weighted by atomic mass is 35.5. The molecule has 0 aromatic heterocycles. The first-order valence-electron chi connectivity index (χ1n) is 7.10. The molecule has 1 aromatic carbocycles. The maximum absolute atomic E-state index is 12.1. The molecule has 4 nitrogen and oxygen atoms in total. The molecule has 1 saturated carbocycles. The second kappa shape index (κ2) is 8.29. The van der Waals surface area contributed by atoms with E-state index in [2.05, 4.69) is 10.1 Å². The molecule has 0 aliphatic heterocycles. The first kappa shape index (κ1) is 18.6. The summed E-state index contributed by atoms with van der Waals surface area (Å²) in [6, 6.07) is 6.18. The van der Waals surface area contributed by atoms with Crippen molar-refractivity contribution < 1.29 is 18.3 Å². The molecule has 7 heteroatoms. The number of carbonyl (C=O) groups is 1. The fourth-order valence-corrected chi connectivity index (χ4v) is 2.56. The molecule has 0 atom stereocenters. The number of ether oxygens (including phenoxy) is 1. The van der Waals surface area contributed by atoms with E-state index in [-0.39, 0.29) is 24.1 Å². The number of hydrogen-bond acceptors (Lipinski definition) is 3. The minimum Gasteiger partial charge on any atom is -0.435 e. The molecule has 1 aliphatic carbocycles. The van der Waals surface area contributed by atoms with Crippen LogP contribution in [0.5, 0.6) is 5.75 Å². The zero-order valence-corrected chi connectivity index (χ0v) is 13.0. The van der Waals surface area contributed by atoms with Crippen LogP contribution in [0.4, 0.5) is 8.78 Å². The van der Waals surface area contributed by atoms with Crippen molar-refractivity contribution in [2.24, 2.45) is 5.73 Å². The quantitative estimate of drug-likeness (QED) is 0.870. The topological polar surface area (TPSA) is 64.4 Å². The number of benzene rings is 1. The van der Waals surface area contributed by atoms with Gasteiger partial charge < -0.3 is 15.8 Å². The van der Waals surface area contributed by atoms with E-state index in [9.17, 15) is 13.6 Å². The highest BCUT2D eigenvalue weighted by Gasteiger charge is 2.34. The van der Waals surface area contributed by atoms with Gasteiger partial charge in [0.2, 0.25) is 5.91 Å². The van der Waals surface area contributed by atoms with Gasteiger partial charge in [-0.15, -0.1) is 12.4 Å². The van der Waals surface area contributed by atoms with Crippen LogP contribution in [0.2, 0.25) is 0 Å². The summed E-state index contributed by atoms with van der Waals surface area (Å²) in [5.74, 6) is -0.0437. The van der Waals surface area contributed by atoms with Crippen LogP contribution >= 0.6 is 12.4 Å². The lowest BCUT2D eigenvalue weighted by atomic mass is 9.82. The summed E-state index contributed by atoms with van der Waals surface area (Å²) in [5.41, 5.74) is 6.17. The third kappa shape index (κ3) is 5.10. The predicted octanol–water partition coefficient (Wildman–Crippen LogP) is 2.99. The number of nitrogens with two attached hydrogens (primary N) is 1. The minimum atomic E-state index is -2.83. The zero-order valence-electron chi connectivity index (χ0n) is 12.2. The lowest BCUT2D eigenvalue weighted by molar-refractivity contribution is -0.127. The van der Waals surface area contributed by atoms with Crippen LogP contribution in [-0.4, -0.2) is 18.1 Å². The van der Waals surface area contributed by atoms with Crippen molar-refractivity contribution >= 4 is 18.3 Å². The number of alkyl halides is 2. The Hall–Kier alpha value is -1.40. The van der Waals surface area contributed by atoms with Gasteiger partial charge in [0, 0.05) is 6.54 Å². The average Bonchev–Trinajstić information content (AvgIpc) is 2.46. The SMILES string of the molecule is Cl.NC1(C(=O)NCc2ccc(OC(F)F)cc2)CCCCC1. The molecular weight excluding hydrogens is 314 g/mol. The van der Waals surface area contributed by atoms with E-state index < -0.39 is 12.2 Å². The molecule has 1 amide bonds. The summed E-state index contributed by atoms with van der Waals surface area (Å²) >= 11 is 0. The monoisotopic (exact) mass is 334 g/mol. The standard InChI is InChI=1S/C15H20F2N2O2.ClH/c16-14(17)21-12-6-4-11(5-7-12)10-19-13(20)15(18)8-2-1-3-9-15;/h4-7,14H,1-3,8-10,18H2,(H,19,20);1H. The van der Waals surface area contributed by atoms with Crippen molar-refractivity contribution in [2.45, 2.75) is 50.8 Å². The lowest BCUT2D eigenvalue weighted by Gasteiger charge is -2.31. The van der Waals surface area contributed by atoms with Gasteiger partial charge in [-0.05, 0) is 30.5 Å². The molecular formula is C15H21ClF2N2O2. The Kier molecular flexibility index (Phi) is 7.03. The van der Waals surface area contributed by atoms with E-state index >= 15 is 0 Å². The van der Waals surface area contributed by atoms with E-state index in [1.54, 1.807) is 12.1 Å². The van der Waals surface area contributed by atoms with Crippen LogP contribution in [0.3, 0.4) is 0 Å². The van der Waals surface area contributed by atoms with Crippen molar-refractivity contribution in [3.8, 4) is 5.75 Å². The summed E-state index contributed by atoms with van der Waals surface area (Å²) in [4.78, 5) is 12.1. The van der Waals surface area contributed by atoms with Crippen LogP contribution in [0, 0.1) is 0 Å². The molecule has 124 valence electrons. The Morgan fingerprint density at radius 3 is 2.36 bits per heavy atom. The fourth-order valence-electron chi connectivity index (χ4n) is 2.56. The second-order valence-corrected chi connectivity index (χ2v) is 5.42. The normalized spacial score (nSPS) is 16.7. The van der Waals surface area contributed by atoms with E-state index in [4.69, 9.17) is 5.73 Å². The van der Waals surface area contributed by atoms with Gasteiger partial charge in [-0.2, -0.15) is 8.78 Å². The third-order valence-electron chi connectivity index (χ3n) is 3.80. The molecule has 0 radical (unpaired) electrons. The number of nitrogens with one attached hydrogen (secondary N) is 1. The van der Waals surface area contributed by atoms with Crippen molar-refractivity contribution in [2.75, 3.05) is 0 Å². The summed E-state index contributed by atoms with van der Waals surface area (Å²) < 4.78 is 28.3. The van der Waals surface area contributed by atoms with E-state index in [0.29, 0.717) is 19.4 Å². The Morgan fingerprint density at radius 2 is 1.82 bits per heavy atom. The zero-order chi connectivity index (χ0) is 15.3. The van der Waals surface area contributed by atoms with Crippen molar-refractivity contribution in [1.29, 1.82) is 0 Å². The van der Waals surface area contributed by atoms with Gasteiger partial charge in [0.05, 0.1) is 5.54 Å². The molecule has 0 unspecified atom stereocenters. The van der Waals surface area contributed by atoms with Gasteiger partial charge in [0.1, 0.15) is 5.75 Å². The summed E-state index contributed by atoms with van der Waals surface area (Å²) in [6.45, 7) is -2.51. The number of rotatable bonds is 5. The molecule has 0 bridgehead atoms. The van der Waals surface area contributed by atoms with Gasteiger partial charge in [0.25, 0.3) is 0 Å². The third-order valence-corrected chi connectivity index (χ3v) is 3.80. The highest BCUT2D eigenvalue weighted by molar-refractivity contribution is 5.86. The molecule has 0 heterocycles.